The van der Waals surface area contributed by atoms with Gasteiger partial charge in [0.1, 0.15) is 0 Å². The molecule has 120 valence electrons. The molecule has 0 bridgehead atoms. The summed E-state index contributed by atoms with van der Waals surface area (Å²) in [5.74, 6) is 0.211. The molecule has 0 atom stereocenters. The maximum atomic E-state index is 12.3. The van der Waals surface area contributed by atoms with E-state index in [0.717, 1.165) is 24.9 Å². The van der Waals surface area contributed by atoms with Crippen LogP contribution in [0, 0.1) is 5.92 Å². The second-order valence-electron chi connectivity index (χ2n) is 6.03. The van der Waals surface area contributed by atoms with Gasteiger partial charge in [-0.1, -0.05) is 18.2 Å². The van der Waals surface area contributed by atoms with Crippen molar-refractivity contribution < 1.29 is 9.59 Å². The quantitative estimate of drug-likeness (QED) is 0.890. The van der Waals surface area contributed by atoms with Gasteiger partial charge in [-0.05, 0) is 39.1 Å². The molecule has 22 heavy (non-hydrogen) atoms. The number of amides is 2. The highest BCUT2D eigenvalue weighted by Crippen LogP contribution is 2.19. The van der Waals surface area contributed by atoms with Crippen molar-refractivity contribution >= 4 is 11.8 Å². The molecule has 1 saturated heterocycles. The SMILES string of the molecule is CN(C)CCNC(=O)C1CCN(C(=O)c2ccccc2)CC1. The van der Waals surface area contributed by atoms with Crippen molar-refractivity contribution in [3.63, 3.8) is 0 Å². The molecule has 1 heterocycles. The third-order valence-electron chi connectivity index (χ3n) is 4.03. The summed E-state index contributed by atoms with van der Waals surface area (Å²) in [6.45, 7) is 2.82. The van der Waals surface area contributed by atoms with Crippen LogP contribution in [0.25, 0.3) is 0 Å². The van der Waals surface area contributed by atoms with Gasteiger partial charge in [0.15, 0.2) is 0 Å². The number of benzene rings is 1. The van der Waals surface area contributed by atoms with Crippen LogP contribution in [0.5, 0.6) is 0 Å². The Kier molecular flexibility index (Phi) is 5.95. The molecular weight excluding hydrogens is 278 g/mol. The van der Waals surface area contributed by atoms with E-state index in [4.69, 9.17) is 0 Å². The number of rotatable bonds is 5. The Bertz CT molecular complexity index is 494. The van der Waals surface area contributed by atoms with E-state index < -0.39 is 0 Å². The molecule has 0 aliphatic carbocycles. The third-order valence-corrected chi connectivity index (χ3v) is 4.03. The van der Waals surface area contributed by atoms with Crippen LogP contribution in [0.15, 0.2) is 30.3 Å². The number of likely N-dealkylation sites (N-methyl/N-ethyl adjacent to an activating group) is 1. The van der Waals surface area contributed by atoms with Gasteiger partial charge in [-0.2, -0.15) is 0 Å². The molecule has 0 radical (unpaired) electrons. The van der Waals surface area contributed by atoms with Crippen LogP contribution < -0.4 is 5.32 Å². The summed E-state index contributed by atoms with van der Waals surface area (Å²) in [6.07, 6.45) is 1.48. The van der Waals surface area contributed by atoms with E-state index in [-0.39, 0.29) is 17.7 Å². The van der Waals surface area contributed by atoms with E-state index in [1.54, 1.807) is 0 Å². The number of hydrogen-bond acceptors (Lipinski definition) is 3. The lowest BCUT2D eigenvalue weighted by Crippen LogP contribution is -2.44. The minimum Gasteiger partial charge on any atom is -0.355 e. The van der Waals surface area contributed by atoms with Gasteiger partial charge in [0, 0.05) is 37.7 Å². The number of nitrogens with one attached hydrogen (secondary N) is 1. The smallest absolute Gasteiger partial charge is 0.253 e. The second kappa shape index (κ2) is 7.94. The fraction of sp³-hybridized carbons (Fsp3) is 0.529. The molecule has 1 N–H and O–H groups in total. The lowest BCUT2D eigenvalue weighted by Gasteiger charge is -2.31. The fourth-order valence-electron chi connectivity index (χ4n) is 2.66. The second-order valence-corrected chi connectivity index (χ2v) is 6.03. The molecule has 0 aromatic heterocycles. The van der Waals surface area contributed by atoms with Gasteiger partial charge in [0.25, 0.3) is 5.91 Å². The largest absolute Gasteiger partial charge is 0.355 e. The van der Waals surface area contributed by atoms with Crippen LogP contribution in [0.1, 0.15) is 23.2 Å². The zero-order valence-corrected chi connectivity index (χ0v) is 13.4. The lowest BCUT2D eigenvalue weighted by molar-refractivity contribution is -0.126. The Labute approximate surface area is 132 Å². The van der Waals surface area contributed by atoms with Gasteiger partial charge in [0.05, 0.1) is 0 Å². The van der Waals surface area contributed by atoms with E-state index in [2.05, 4.69) is 5.32 Å². The van der Waals surface area contributed by atoms with Crippen LogP contribution >= 0.6 is 0 Å². The Hall–Kier alpha value is -1.88. The first-order valence-corrected chi connectivity index (χ1v) is 7.84. The molecule has 0 saturated carbocycles. The maximum Gasteiger partial charge on any atom is 0.253 e. The Morgan fingerprint density at radius 2 is 1.82 bits per heavy atom. The molecule has 1 aliphatic rings. The Morgan fingerprint density at radius 1 is 1.18 bits per heavy atom. The van der Waals surface area contributed by atoms with E-state index in [1.165, 1.54) is 0 Å². The highest BCUT2D eigenvalue weighted by atomic mass is 16.2. The number of likely N-dealkylation sites (tertiary alicyclic amines) is 1. The van der Waals surface area contributed by atoms with Crippen molar-refractivity contribution in [3.8, 4) is 0 Å². The van der Waals surface area contributed by atoms with Crippen molar-refractivity contribution in [2.75, 3.05) is 40.3 Å². The summed E-state index contributed by atoms with van der Waals surface area (Å²) in [6, 6.07) is 9.32. The van der Waals surface area contributed by atoms with Crippen LogP contribution in [-0.2, 0) is 4.79 Å². The normalized spacial score (nSPS) is 15.9. The van der Waals surface area contributed by atoms with Gasteiger partial charge in [0.2, 0.25) is 5.91 Å². The summed E-state index contributed by atoms with van der Waals surface area (Å²) in [4.78, 5) is 28.3. The van der Waals surface area contributed by atoms with Crippen molar-refractivity contribution in [3.05, 3.63) is 35.9 Å². The third kappa shape index (κ3) is 4.56. The maximum absolute atomic E-state index is 12.3. The summed E-state index contributed by atoms with van der Waals surface area (Å²) in [7, 11) is 3.97. The molecule has 5 nitrogen and oxygen atoms in total. The first kappa shape index (κ1) is 16.5. The van der Waals surface area contributed by atoms with Crippen LogP contribution in [0.3, 0.4) is 0 Å². The zero-order valence-electron chi connectivity index (χ0n) is 13.4. The van der Waals surface area contributed by atoms with E-state index in [0.29, 0.717) is 19.6 Å². The minimum atomic E-state index is 0.0296. The van der Waals surface area contributed by atoms with Gasteiger partial charge in [-0.25, -0.2) is 0 Å². The van der Waals surface area contributed by atoms with Crippen molar-refractivity contribution in [2.24, 2.45) is 5.92 Å². The van der Waals surface area contributed by atoms with Crippen molar-refractivity contribution in [1.29, 1.82) is 0 Å². The highest BCUT2D eigenvalue weighted by molar-refractivity contribution is 5.94. The first-order valence-electron chi connectivity index (χ1n) is 7.84. The molecular formula is C17H25N3O2. The molecule has 1 aromatic carbocycles. The summed E-state index contributed by atoms with van der Waals surface area (Å²) in [5, 5.41) is 2.98. The standard InChI is InChI=1S/C17H25N3O2/c1-19(2)13-10-18-16(21)14-8-11-20(12-9-14)17(22)15-6-4-3-5-7-15/h3-7,14H,8-13H2,1-2H3,(H,18,21). The number of hydrogen-bond donors (Lipinski definition) is 1. The van der Waals surface area contributed by atoms with Gasteiger partial charge in [-0.3, -0.25) is 9.59 Å². The van der Waals surface area contributed by atoms with Crippen LogP contribution in [-0.4, -0.2) is 61.9 Å². The summed E-state index contributed by atoms with van der Waals surface area (Å²) >= 11 is 0. The number of piperidine rings is 1. The molecule has 5 heteroatoms. The van der Waals surface area contributed by atoms with Crippen molar-refractivity contribution in [1.82, 2.24) is 15.1 Å². The average molecular weight is 303 g/mol. The van der Waals surface area contributed by atoms with Gasteiger partial charge < -0.3 is 15.1 Å². The molecule has 2 amide bonds. The summed E-state index contributed by atoms with van der Waals surface area (Å²) < 4.78 is 0. The first-order chi connectivity index (χ1) is 10.6. The molecule has 1 aliphatic heterocycles. The average Bonchev–Trinajstić information content (AvgIpc) is 2.54. The predicted octanol–water partition coefficient (Wildman–Crippen LogP) is 1.22. The Morgan fingerprint density at radius 3 is 2.41 bits per heavy atom. The van der Waals surface area contributed by atoms with Crippen LogP contribution in [0.4, 0.5) is 0 Å². The molecule has 0 unspecified atom stereocenters. The monoisotopic (exact) mass is 303 g/mol. The highest BCUT2D eigenvalue weighted by Gasteiger charge is 2.27. The predicted molar refractivity (Wildman–Crippen MR) is 86.6 cm³/mol. The molecule has 1 fully saturated rings. The fourth-order valence-corrected chi connectivity index (χ4v) is 2.66. The number of carbonyl (C=O) groups excluding carboxylic acids is 2. The van der Waals surface area contributed by atoms with Gasteiger partial charge in [-0.15, -0.1) is 0 Å². The molecule has 0 spiro atoms. The molecule has 2 rings (SSSR count). The van der Waals surface area contributed by atoms with Crippen LogP contribution in [0.2, 0.25) is 0 Å². The minimum absolute atomic E-state index is 0.0296. The lowest BCUT2D eigenvalue weighted by atomic mass is 9.95. The van der Waals surface area contributed by atoms with E-state index in [9.17, 15) is 9.59 Å². The zero-order chi connectivity index (χ0) is 15.9. The van der Waals surface area contributed by atoms with Gasteiger partial charge >= 0.3 is 0 Å². The van der Waals surface area contributed by atoms with Crippen molar-refractivity contribution in [2.45, 2.75) is 12.8 Å². The Balaban J connectivity index is 1.78. The number of carbonyl (C=O) groups is 2. The van der Waals surface area contributed by atoms with E-state index >= 15 is 0 Å². The summed E-state index contributed by atoms with van der Waals surface area (Å²) in [5.41, 5.74) is 0.719. The topological polar surface area (TPSA) is 52.7 Å². The number of nitrogens with zero attached hydrogens (tertiary/aromatic N) is 2. The van der Waals surface area contributed by atoms with E-state index in [1.807, 2.05) is 54.2 Å². The molecule has 1 aromatic rings.